The number of rotatable bonds is 1. The molecule has 0 radical (unpaired) electrons. The first-order valence-electron chi connectivity index (χ1n) is 9.82. The molecule has 5 rings (SSSR count). The second-order valence-corrected chi connectivity index (χ2v) is 7.97. The molecule has 4 heterocycles. The summed E-state index contributed by atoms with van der Waals surface area (Å²) >= 11 is 0. The average Bonchev–Trinajstić information content (AvgIpc) is 3.11. The maximum Gasteiger partial charge on any atom is 0.337 e. The Hall–Kier alpha value is -2.78. The Morgan fingerprint density at radius 2 is 2.21 bits per heavy atom. The van der Waals surface area contributed by atoms with Gasteiger partial charge in [-0.1, -0.05) is 18.2 Å². The van der Waals surface area contributed by atoms with E-state index in [0.29, 0.717) is 5.57 Å². The van der Waals surface area contributed by atoms with Crippen LogP contribution in [0.2, 0.25) is 0 Å². The Morgan fingerprint density at radius 3 is 3.00 bits per heavy atom. The third-order valence-corrected chi connectivity index (χ3v) is 6.77. The van der Waals surface area contributed by atoms with E-state index in [2.05, 4.69) is 34.2 Å². The lowest BCUT2D eigenvalue weighted by Gasteiger charge is -2.51. The topological polar surface area (TPSA) is 78.3 Å². The van der Waals surface area contributed by atoms with Crippen LogP contribution < -0.4 is 0 Å². The fourth-order valence-electron chi connectivity index (χ4n) is 5.52. The molecule has 1 aromatic heterocycles. The Bertz CT molecular complexity index is 1020. The highest BCUT2D eigenvalue weighted by atomic mass is 16.5. The number of esters is 1. The van der Waals surface area contributed by atoms with Gasteiger partial charge in [-0.2, -0.15) is 5.26 Å². The van der Waals surface area contributed by atoms with Gasteiger partial charge in [-0.05, 0) is 31.4 Å². The smallest absolute Gasteiger partial charge is 0.337 e. The molecule has 0 amide bonds. The summed E-state index contributed by atoms with van der Waals surface area (Å²) in [5, 5.41) is 11.3. The molecule has 1 saturated heterocycles. The standard InChI is InChI=1S/C22H23N3O3/c1-12-20-15(16(11-28-12)22(26)27-2)9-18-21-14(7-8-25(18)19(20)10-23)13-5-3-4-6-17(13)24-21/h3-6,11-12,15,18-20,24H,7-9H2,1-2H3/t12-,15-,18+,19?,20-/m1/s1. The molecule has 3 aliphatic heterocycles. The number of nitriles is 1. The number of para-hydroxylation sites is 1. The number of nitrogens with zero attached hydrogens (tertiary/aromatic N) is 2. The van der Waals surface area contributed by atoms with E-state index in [1.54, 1.807) is 6.26 Å². The highest BCUT2D eigenvalue weighted by Crippen LogP contribution is 2.50. The van der Waals surface area contributed by atoms with Crippen molar-refractivity contribution in [2.45, 2.75) is 38.0 Å². The van der Waals surface area contributed by atoms with Gasteiger partial charge in [-0.25, -0.2) is 4.79 Å². The predicted octanol–water partition coefficient (Wildman–Crippen LogP) is 3.07. The van der Waals surface area contributed by atoms with Gasteiger partial charge < -0.3 is 14.5 Å². The summed E-state index contributed by atoms with van der Waals surface area (Å²) in [6.45, 7) is 2.83. The Kier molecular flexibility index (Phi) is 3.95. The Balaban J connectivity index is 1.62. The van der Waals surface area contributed by atoms with Crippen molar-refractivity contribution < 1.29 is 14.3 Å². The lowest BCUT2D eigenvalue weighted by Crippen LogP contribution is -2.57. The number of piperidine rings is 1. The van der Waals surface area contributed by atoms with Crippen molar-refractivity contribution in [1.29, 1.82) is 5.26 Å². The Morgan fingerprint density at radius 1 is 1.39 bits per heavy atom. The lowest BCUT2D eigenvalue weighted by molar-refractivity contribution is -0.139. The van der Waals surface area contributed by atoms with Crippen LogP contribution in [0.4, 0.5) is 0 Å². The number of hydrogen-bond donors (Lipinski definition) is 1. The van der Waals surface area contributed by atoms with E-state index in [1.807, 2.05) is 13.0 Å². The van der Waals surface area contributed by atoms with Crippen LogP contribution in [0.5, 0.6) is 0 Å². The number of carbonyl (C=O) groups excluding carboxylic acids is 1. The summed E-state index contributed by atoms with van der Waals surface area (Å²) in [5.41, 5.74) is 4.22. The van der Waals surface area contributed by atoms with Gasteiger partial charge in [0.2, 0.25) is 0 Å². The van der Waals surface area contributed by atoms with Gasteiger partial charge in [0.05, 0.1) is 31.1 Å². The quantitative estimate of drug-likeness (QED) is 0.773. The number of aromatic amines is 1. The first-order chi connectivity index (χ1) is 13.6. The number of hydrogen-bond acceptors (Lipinski definition) is 5. The van der Waals surface area contributed by atoms with Crippen LogP contribution >= 0.6 is 0 Å². The van der Waals surface area contributed by atoms with Gasteiger partial charge in [-0.15, -0.1) is 0 Å². The fourth-order valence-corrected chi connectivity index (χ4v) is 5.52. The van der Waals surface area contributed by atoms with Crippen molar-refractivity contribution in [3.63, 3.8) is 0 Å². The molecule has 0 spiro atoms. The van der Waals surface area contributed by atoms with Gasteiger partial charge in [0.15, 0.2) is 0 Å². The summed E-state index contributed by atoms with van der Waals surface area (Å²) in [6.07, 6.45) is 3.13. The third kappa shape index (κ3) is 2.33. The minimum absolute atomic E-state index is 0.0497. The fraction of sp³-hybridized carbons (Fsp3) is 0.455. The van der Waals surface area contributed by atoms with Crippen molar-refractivity contribution >= 4 is 16.9 Å². The molecule has 2 aromatic rings. The SMILES string of the molecule is COC(=O)C1=CO[C@H](C)[C@H]2C(C#N)N3CCc4c([nH]c5ccccc45)[C@@H]3C[C@H]12. The van der Waals surface area contributed by atoms with E-state index in [9.17, 15) is 10.1 Å². The largest absolute Gasteiger partial charge is 0.497 e. The molecule has 5 atom stereocenters. The maximum absolute atomic E-state index is 12.4. The number of nitrogens with one attached hydrogen (secondary N) is 1. The molecule has 0 bridgehead atoms. The van der Waals surface area contributed by atoms with Crippen LogP contribution in [-0.2, 0) is 20.7 Å². The van der Waals surface area contributed by atoms with Crippen LogP contribution in [0.3, 0.4) is 0 Å². The number of H-pyrrole nitrogens is 1. The molecule has 1 fully saturated rings. The second kappa shape index (κ2) is 6.39. The van der Waals surface area contributed by atoms with E-state index in [1.165, 1.54) is 23.8 Å². The summed E-state index contributed by atoms with van der Waals surface area (Å²) < 4.78 is 10.8. The van der Waals surface area contributed by atoms with Crippen LogP contribution in [-0.4, -0.2) is 41.7 Å². The van der Waals surface area contributed by atoms with Crippen molar-refractivity contribution in [1.82, 2.24) is 9.88 Å². The van der Waals surface area contributed by atoms with Crippen molar-refractivity contribution in [3.05, 3.63) is 47.4 Å². The lowest BCUT2D eigenvalue weighted by atomic mass is 9.68. The van der Waals surface area contributed by atoms with E-state index in [4.69, 9.17) is 9.47 Å². The highest BCUT2D eigenvalue weighted by Gasteiger charge is 2.52. The normalized spacial score (nSPS) is 31.6. The maximum atomic E-state index is 12.4. The highest BCUT2D eigenvalue weighted by molar-refractivity contribution is 5.89. The second-order valence-electron chi connectivity index (χ2n) is 7.97. The summed E-state index contributed by atoms with van der Waals surface area (Å²) in [7, 11) is 1.39. The predicted molar refractivity (Wildman–Crippen MR) is 103 cm³/mol. The summed E-state index contributed by atoms with van der Waals surface area (Å²) in [5.74, 6) is -0.467. The third-order valence-electron chi connectivity index (χ3n) is 6.77. The summed E-state index contributed by atoms with van der Waals surface area (Å²) in [6, 6.07) is 10.7. The molecule has 3 aliphatic rings. The zero-order chi connectivity index (χ0) is 19.4. The van der Waals surface area contributed by atoms with Gasteiger partial charge in [0.1, 0.15) is 12.1 Å². The van der Waals surface area contributed by atoms with Crippen LogP contribution in [0, 0.1) is 23.2 Å². The van der Waals surface area contributed by atoms with Crippen molar-refractivity contribution in [2.24, 2.45) is 11.8 Å². The van der Waals surface area contributed by atoms with Gasteiger partial charge in [0.25, 0.3) is 0 Å². The molecular weight excluding hydrogens is 354 g/mol. The molecule has 6 heteroatoms. The minimum Gasteiger partial charge on any atom is -0.497 e. The van der Waals surface area contributed by atoms with E-state index < -0.39 is 0 Å². The van der Waals surface area contributed by atoms with E-state index >= 15 is 0 Å². The number of benzene rings is 1. The molecule has 0 aliphatic carbocycles. The van der Waals surface area contributed by atoms with Crippen LogP contribution in [0.25, 0.3) is 10.9 Å². The van der Waals surface area contributed by atoms with Gasteiger partial charge in [-0.3, -0.25) is 4.90 Å². The molecule has 0 saturated carbocycles. The Labute approximate surface area is 163 Å². The van der Waals surface area contributed by atoms with E-state index in [-0.39, 0.29) is 36.0 Å². The molecule has 1 N–H and O–H groups in total. The number of aromatic nitrogens is 1. The zero-order valence-electron chi connectivity index (χ0n) is 16.0. The number of methoxy groups -OCH3 is 1. The van der Waals surface area contributed by atoms with Crippen LogP contribution in [0.15, 0.2) is 36.1 Å². The number of fused-ring (bicyclic) bond motifs is 6. The van der Waals surface area contributed by atoms with Crippen molar-refractivity contribution in [2.75, 3.05) is 13.7 Å². The molecule has 28 heavy (non-hydrogen) atoms. The molecule has 144 valence electrons. The zero-order valence-corrected chi connectivity index (χ0v) is 16.0. The minimum atomic E-state index is -0.361. The van der Waals surface area contributed by atoms with Gasteiger partial charge >= 0.3 is 5.97 Å². The molecule has 6 nitrogen and oxygen atoms in total. The van der Waals surface area contributed by atoms with Crippen molar-refractivity contribution in [3.8, 4) is 6.07 Å². The van der Waals surface area contributed by atoms with Crippen LogP contribution in [0.1, 0.15) is 30.6 Å². The molecule has 1 aromatic carbocycles. The summed E-state index contributed by atoms with van der Waals surface area (Å²) in [4.78, 5) is 18.3. The van der Waals surface area contributed by atoms with Gasteiger partial charge in [0, 0.05) is 35.0 Å². The number of carbonyl (C=O) groups is 1. The number of ether oxygens (including phenoxy) is 2. The average molecular weight is 377 g/mol. The molecular formula is C22H23N3O3. The first kappa shape index (κ1) is 17.3. The monoisotopic (exact) mass is 377 g/mol. The van der Waals surface area contributed by atoms with E-state index in [0.717, 1.165) is 24.9 Å². The first-order valence-corrected chi connectivity index (χ1v) is 9.82. The molecule has 1 unspecified atom stereocenters.